The third-order valence-corrected chi connectivity index (χ3v) is 7.20. The van der Waals surface area contributed by atoms with Crippen LogP contribution in [0.2, 0.25) is 0 Å². The Morgan fingerprint density at radius 2 is 1.71 bits per heavy atom. The van der Waals surface area contributed by atoms with Crippen molar-refractivity contribution in [3.8, 4) is 11.5 Å². The van der Waals surface area contributed by atoms with E-state index in [9.17, 15) is 4.79 Å². The van der Waals surface area contributed by atoms with Crippen molar-refractivity contribution in [3.63, 3.8) is 0 Å². The number of methoxy groups -OCH3 is 2. The van der Waals surface area contributed by atoms with Gasteiger partial charge >= 0.3 is 0 Å². The van der Waals surface area contributed by atoms with Gasteiger partial charge in [0.15, 0.2) is 5.82 Å². The fourth-order valence-corrected chi connectivity index (χ4v) is 5.19. The minimum atomic E-state index is -0.448. The van der Waals surface area contributed by atoms with Gasteiger partial charge in [-0.05, 0) is 69.9 Å². The minimum absolute atomic E-state index is 0.162. The number of aromatic amines is 1. The molecule has 38 heavy (non-hydrogen) atoms. The van der Waals surface area contributed by atoms with E-state index in [1.54, 1.807) is 18.9 Å². The van der Waals surface area contributed by atoms with E-state index in [1.165, 1.54) is 11.1 Å². The second-order valence-electron chi connectivity index (χ2n) is 9.44. The molecule has 9 nitrogen and oxygen atoms in total. The van der Waals surface area contributed by atoms with Gasteiger partial charge in [-0.3, -0.25) is 9.69 Å². The molecule has 0 saturated carbocycles. The number of benzene rings is 3. The van der Waals surface area contributed by atoms with Gasteiger partial charge < -0.3 is 14.5 Å². The highest BCUT2D eigenvalue weighted by atomic mass is 16.5. The number of rotatable bonds is 7. The lowest BCUT2D eigenvalue weighted by Gasteiger charge is -2.34. The molecule has 2 aromatic heterocycles. The molecule has 0 fully saturated rings. The third-order valence-electron chi connectivity index (χ3n) is 7.20. The Labute approximate surface area is 219 Å². The minimum Gasteiger partial charge on any atom is -0.497 e. The summed E-state index contributed by atoms with van der Waals surface area (Å²) in [5.41, 5.74) is 4.79. The molecule has 1 aliphatic rings. The van der Waals surface area contributed by atoms with E-state index in [-0.39, 0.29) is 5.56 Å². The smallest absolute Gasteiger partial charge is 0.253 e. The fraction of sp³-hybridized carbons (Fsp3) is 0.241. The van der Waals surface area contributed by atoms with Crippen LogP contribution in [0.25, 0.3) is 10.9 Å². The number of fused-ring (bicyclic) bond motifs is 2. The van der Waals surface area contributed by atoms with Gasteiger partial charge in [0.2, 0.25) is 0 Å². The summed E-state index contributed by atoms with van der Waals surface area (Å²) in [5, 5.41) is 13.7. The summed E-state index contributed by atoms with van der Waals surface area (Å²) >= 11 is 0. The van der Waals surface area contributed by atoms with Crippen molar-refractivity contribution in [2.45, 2.75) is 25.6 Å². The number of aromatic nitrogens is 5. The number of tetrazole rings is 1. The normalized spacial score (nSPS) is 14.3. The molecule has 0 amide bonds. The summed E-state index contributed by atoms with van der Waals surface area (Å²) in [6.07, 6.45) is 0.881. The highest BCUT2D eigenvalue weighted by Gasteiger charge is 2.32. The van der Waals surface area contributed by atoms with Crippen LogP contribution < -0.4 is 15.0 Å². The first-order valence-corrected chi connectivity index (χ1v) is 12.5. The van der Waals surface area contributed by atoms with Gasteiger partial charge in [-0.1, -0.05) is 36.4 Å². The van der Waals surface area contributed by atoms with E-state index in [0.717, 1.165) is 40.9 Å². The van der Waals surface area contributed by atoms with Crippen LogP contribution in [0.5, 0.6) is 11.5 Å². The molecular formula is C29H28N6O3. The Balaban J connectivity index is 1.46. The quantitative estimate of drug-likeness (QED) is 0.358. The van der Waals surface area contributed by atoms with Crippen LogP contribution in [-0.4, -0.2) is 50.9 Å². The van der Waals surface area contributed by atoms with E-state index in [1.807, 2.05) is 48.5 Å². The molecule has 0 aliphatic carbocycles. The van der Waals surface area contributed by atoms with Gasteiger partial charge in [-0.15, -0.1) is 5.10 Å². The predicted molar refractivity (Wildman–Crippen MR) is 143 cm³/mol. The molecule has 5 aromatic rings. The Hall–Kier alpha value is -4.50. The van der Waals surface area contributed by atoms with Crippen LogP contribution in [0, 0.1) is 0 Å². The number of pyridine rings is 1. The van der Waals surface area contributed by atoms with Crippen molar-refractivity contribution in [3.05, 3.63) is 111 Å². The first-order chi connectivity index (χ1) is 18.6. The zero-order valence-electron chi connectivity index (χ0n) is 21.3. The van der Waals surface area contributed by atoms with Crippen molar-refractivity contribution in [2.24, 2.45) is 0 Å². The van der Waals surface area contributed by atoms with Crippen molar-refractivity contribution in [2.75, 3.05) is 20.8 Å². The molecule has 3 heterocycles. The maximum absolute atomic E-state index is 13.5. The largest absolute Gasteiger partial charge is 0.497 e. The second-order valence-corrected chi connectivity index (χ2v) is 9.44. The molecule has 0 radical (unpaired) electrons. The maximum atomic E-state index is 13.5. The van der Waals surface area contributed by atoms with Gasteiger partial charge in [-0.2, -0.15) is 0 Å². The molecule has 0 saturated heterocycles. The first kappa shape index (κ1) is 23.9. The van der Waals surface area contributed by atoms with Gasteiger partial charge in [0.1, 0.15) is 17.5 Å². The molecule has 1 aliphatic heterocycles. The average molecular weight is 509 g/mol. The summed E-state index contributed by atoms with van der Waals surface area (Å²) in [6, 6.07) is 23.4. The molecule has 192 valence electrons. The van der Waals surface area contributed by atoms with Gasteiger partial charge in [0, 0.05) is 29.6 Å². The van der Waals surface area contributed by atoms with Gasteiger partial charge in [0.25, 0.3) is 5.56 Å². The van der Waals surface area contributed by atoms with Crippen LogP contribution >= 0.6 is 0 Å². The summed E-state index contributed by atoms with van der Waals surface area (Å²) < 4.78 is 12.5. The van der Waals surface area contributed by atoms with E-state index < -0.39 is 6.04 Å². The molecule has 1 N–H and O–H groups in total. The van der Waals surface area contributed by atoms with Crippen LogP contribution in [0.1, 0.15) is 34.1 Å². The Morgan fingerprint density at radius 1 is 0.947 bits per heavy atom. The van der Waals surface area contributed by atoms with Crippen molar-refractivity contribution >= 4 is 10.9 Å². The molecule has 6 rings (SSSR count). The lowest BCUT2D eigenvalue weighted by molar-refractivity contribution is 0.194. The summed E-state index contributed by atoms with van der Waals surface area (Å²) in [4.78, 5) is 18.9. The lowest BCUT2D eigenvalue weighted by atomic mass is 9.96. The third kappa shape index (κ3) is 4.52. The van der Waals surface area contributed by atoms with E-state index in [2.05, 4.69) is 49.7 Å². The average Bonchev–Trinajstić information content (AvgIpc) is 3.41. The van der Waals surface area contributed by atoms with Crippen LogP contribution in [0.15, 0.2) is 77.6 Å². The fourth-order valence-electron chi connectivity index (χ4n) is 5.19. The standard InChI is InChI=1S/C29H28N6O3/c1-37-23-9-7-19(8-10-23)17-35-28(31-32-33-35)27(34-14-13-20-5-3-4-6-21(20)18-34)25-16-22-15-24(38-2)11-12-26(22)30-29(25)36/h3-12,15-16,27H,13-14,17-18H2,1-2H3,(H,30,36). The summed E-state index contributed by atoms with van der Waals surface area (Å²) in [6.45, 7) is 1.92. The van der Waals surface area contributed by atoms with Crippen LogP contribution in [-0.2, 0) is 19.5 Å². The Kier molecular flexibility index (Phi) is 6.35. The van der Waals surface area contributed by atoms with Crippen molar-refractivity contribution in [1.82, 2.24) is 30.1 Å². The predicted octanol–water partition coefficient (Wildman–Crippen LogP) is 3.73. The highest BCUT2D eigenvalue weighted by Crippen LogP contribution is 2.32. The summed E-state index contributed by atoms with van der Waals surface area (Å²) in [7, 11) is 3.28. The number of nitrogens with zero attached hydrogens (tertiary/aromatic N) is 5. The zero-order chi connectivity index (χ0) is 26.1. The van der Waals surface area contributed by atoms with E-state index in [0.29, 0.717) is 24.5 Å². The molecular weight excluding hydrogens is 480 g/mol. The van der Waals surface area contributed by atoms with Gasteiger partial charge in [0.05, 0.1) is 20.8 Å². The molecule has 9 heteroatoms. The van der Waals surface area contributed by atoms with Crippen LogP contribution in [0.3, 0.4) is 0 Å². The number of H-pyrrole nitrogens is 1. The topological polar surface area (TPSA) is 98.2 Å². The maximum Gasteiger partial charge on any atom is 0.253 e. The van der Waals surface area contributed by atoms with E-state index in [4.69, 9.17) is 9.47 Å². The second kappa shape index (κ2) is 10.1. The molecule has 1 unspecified atom stereocenters. The van der Waals surface area contributed by atoms with Crippen molar-refractivity contribution in [1.29, 1.82) is 0 Å². The Morgan fingerprint density at radius 3 is 2.50 bits per heavy atom. The molecule has 0 bridgehead atoms. The summed E-state index contributed by atoms with van der Waals surface area (Å²) in [5.74, 6) is 2.13. The SMILES string of the molecule is COc1ccc(Cn2nnnc2C(c2cc3cc(OC)ccc3[nH]c2=O)N2CCc3ccccc3C2)cc1. The molecule has 3 aromatic carbocycles. The number of nitrogens with one attached hydrogen (secondary N) is 1. The number of ether oxygens (including phenoxy) is 2. The molecule has 1 atom stereocenters. The Bertz CT molecular complexity index is 1640. The van der Waals surface area contributed by atoms with E-state index >= 15 is 0 Å². The number of hydrogen-bond donors (Lipinski definition) is 1. The van der Waals surface area contributed by atoms with Gasteiger partial charge in [-0.25, -0.2) is 4.68 Å². The van der Waals surface area contributed by atoms with Crippen molar-refractivity contribution < 1.29 is 9.47 Å². The highest BCUT2D eigenvalue weighted by molar-refractivity contribution is 5.80. The molecule has 0 spiro atoms. The van der Waals surface area contributed by atoms with Crippen LogP contribution in [0.4, 0.5) is 0 Å². The monoisotopic (exact) mass is 508 g/mol. The number of hydrogen-bond acceptors (Lipinski definition) is 7. The zero-order valence-corrected chi connectivity index (χ0v) is 21.3. The lowest BCUT2D eigenvalue weighted by Crippen LogP contribution is -2.38. The first-order valence-electron chi connectivity index (χ1n) is 12.5.